The van der Waals surface area contributed by atoms with Crippen molar-refractivity contribution in [2.24, 2.45) is 0 Å². The number of aryl methyl sites for hydroxylation is 2. The molecule has 0 spiro atoms. The molecule has 7 nitrogen and oxygen atoms in total. The normalized spacial score (nSPS) is 19.2. The molecular weight excluding hydrogens is 400 g/mol. The second-order valence-electron chi connectivity index (χ2n) is 7.72. The molecule has 1 saturated heterocycles. The van der Waals surface area contributed by atoms with Gasteiger partial charge < -0.3 is 19.5 Å². The van der Waals surface area contributed by atoms with Gasteiger partial charge in [-0.1, -0.05) is 12.1 Å². The van der Waals surface area contributed by atoms with Crippen LogP contribution in [0.1, 0.15) is 16.3 Å². The Bertz CT molecular complexity index is 1050. The van der Waals surface area contributed by atoms with Crippen molar-refractivity contribution < 1.29 is 14.2 Å². The second-order valence-corrected chi connectivity index (χ2v) is 8.92. The number of para-hydroxylation sites is 2. The van der Waals surface area contributed by atoms with E-state index in [4.69, 9.17) is 24.2 Å². The van der Waals surface area contributed by atoms with Gasteiger partial charge in [0.05, 0.1) is 31.7 Å². The van der Waals surface area contributed by atoms with Crippen molar-refractivity contribution in [1.29, 1.82) is 0 Å². The van der Waals surface area contributed by atoms with Gasteiger partial charge in [0.2, 0.25) is 0 Å². The number of hydrogen-bond acceptors (Lipinski definition) is 8. The highest BCUT2D eigenvalue weighted by molar-refractivity contribution is 7.18. The minimum absolute atomic E-state index is 0.0763. The summed E-state index contributed by atoms with van der Waals surface area (Å²) in [7, 11) is 0. The van der Waals surface area contributed by atoms with Crippen LogP contribution in [0.25, 0.3) is 10.2 Å². The number of ether oxygens (including phenoxy) is 3. The number of nitrogens with zero attached hydrogens (tertiary/aromatic N) is 3. The van der Waals surface area contributed by atoms with Crippen LogP contribution >= 0.6 is 11.3 Å². The van der Waals surface area contributed by atoms with Crippen molar-refractivity contribution >= 4 is 27.4 Å². The third kappa shape index (κ3) is 3.95. The van der Waals surface area contributed by atoms with Gasteiger partial charge in [-0.3, -0.25) is 4.90 Å². The lowest BCUT2D eigenvalue weighted by Gasteiger charge is -2.27. The van der Waals surface area contributed by atoms with E-state index in [0.29, 0.717) is 13.2 Å². The third-order valence-corrected chi connectivity index (χ3v) is 6.71. The number of aromatic nitrogens is 2. The number of anilines is 1. The van der Waals surface area contributed by atoms with E-state index in [-0.39, 0.29) is 6.10 Å². The van der Waals surface area contributed by atoms with Gasteiger partial charge in [0, 0.05) is 18.0 Å². The van der Waals surface area contributed by atoms with E-state index in [1.165, 1.54) is 10.4 Å². The van der Waals surface area contributed by atoms with Crippen LogP contribution in [0.15, 0.2) is 24.3 Å². The molecular formula is C22H26N4O3S. The summed E-state index contributed by atoms with van der Waals surface area (Å²) in [6.07, 6.45) is -0.0763. The van der Waals surface area contributed by atoms with Crippen LogP contribution in [0.3, 0.4) is 0 Å². The highest BCUT2D eigenvalue weighted by Gasteiger charge is 2.22. The van der Waals surface area contributed by atoms with Gasteiger partial charge >= 0.3 is 0 Å². The Labute approximate surface area is 180 Å². The molecule has 0 bridgehead atoms. The number of hydrogen-bond donors (Lipinski definition) is 1. The smallest absolute Gasteiger partial charge is 0.161 e. The quantitative estimate of drug-likeness (QED) is 0.671. The van der Waals surface area contributed by atoms with Crippen LogP contribution in [0.4, 0.5) is 5.82 Å². The summed E-state index contributed by atoms with van der Waals surface area (Å²) in [5, 5.41) is 4.64. The van der Waals surface area contributed by atoms with E-state index in [1.807, 2.05) is 24.3 Å². The minimum Gasteiger partial charge on any atom is -0.486 e. The van der Waals surface area contributed by atoms with Crippen LogP contribution in [-0.4, -0.2) is 60.4 Å². The van der Waals surface area contributed by atoms with Gasteiger partial charge in [0.25, 0.3) is 0 Å². The van der Waals surface area contributed by atoms with Crippen LogP contribution in [0.5, 0.6) is 11.5 Å². The fraction of sp³-hybridized carbons (Fsp3) is 0.455. The first-order chi connectivity index (χ1) is 14.7. The molecule has 0 radical (unpaired) electrons. The summed E-state index contributed by atoms with van der Waals surface area (Å²) in [5.74, 6) is 3.32. The van der Waals surface area contributed by atoms with Crippen LogP contribution < -0.4 is 14.8 Å². The molecule has 1 N–H and O–H groups in total. The lowest BCUT2D eigenvalue weighted by molar-refractivity contribution is 0.0331. The Morgan fingerprint density at radius 3 is 2.77 bits per heavy atom. The molecule has 1 fully saturated rings. The zero-order valence-electron chi connectivity index (χ0n) is 17.3. The van der Waals surface area contributed by atoms with Gasteiger partial charge in [-0.15, -0.1) is 11.3 Å². The Morgan fingerprint density at radius 2 is 1.93 bits per heavy atom. The van der Waals surface area contributed by atoms with Crippen molar-refractivity contribution in [3.63, 3.8) is 0 Å². The molecule has 158 valence electrons. The van der Waals surface area contributed by atoms with Crippen LogP contribution in [0.2, 0.25) is 0 Å². The first kappa shape index (κ1) is 19.5. The van der Waals surface area contributed by atoms with Gasteiger partial charge in [0.15, 0.2) is 11.5 Å². The van der Waals surface area contributed by atoms with Crippen LogP contribution in [-0.2, 0) is 11.3 Å². The summed E-state index contributed by atoms with van der Waals surface area (Å²) >= 11 is 1.73. The molecule has 2 aliphatic rings. The Hall–Kier alpha value is -2.42. The molecule has 1 aromatic carbocycles. The average molecular weight is 427 g/mol. The maximum Gasteiger partial charge on any atom is 0.161 e. The lowest BCUT2D eigenvalue weighted by atomic mass is 10.2. The first-order valence-electron chi connectivity index (χ1n) is 10.4. The second kappa shape index (κ2) is 8.37. The highest BCUT2D eigenvalue weighted by atomic mass is 32.1. The maximum absolute atomic E-state index is 6.10. The Kier molecular flexibility index (Phi) is 5.45. The first-order valence-corrected chi connectivity index (χ1v) is 11.2. The van der Waals surface area contributed by atoms with E-state index in [1.54, 1.807) is 11.3 Å². The molecule has 2 aromatic heterocycles. The largest absolute Gasteiger partial charge is 0.486 e. The number of nitrogens with one attached hydrogen (secondary N) is 1. The van der Waals surface area contributed by atoms with Crippen molar-refractivity contribution in [2.75, 3.05) is 44.8 Å². The predicted molar refractivity (Wildman–Crippen MR) is 118 cm³/mol. The molecule has 2 aliphatic heterocycles. The lowest BCUT2D eigenvalue weighted by Crippen LogP contribution is -2.36. The third-order valence-electron chi connectivity index (χ3n) is 5.61. The zero-order chi connectivity index (χ0) is 20.5. The molecule has 0 aliphatic carbocycles. The molecule has 0 saturated carbocycles. The predicted octanol–water partition coefficient (Wildman–Crippen LogP) is 3.39. The van der Waals surface area contributed by atoms with Gasteiger partial charge in [-0.05, 0) is 31.5 Å². The minimum atomic E-state index is -0.0763. The monoisotopic (exact) mass is 426 g/mol. The van der Waals surface area contributed by atoms with E-state index < -0.39 is 0 Å². The van der Waals surface area contributed by atoms with Crippen LogP contribution in [0, 0.1) is 13.8 Å². The highest BCUT2D eigenvalue weighted by Crippen LogP contribution is 2.34. The zero-order valence-corrected chi connectivity index (χ0v) is 18.1. The van der Waals surface area contributed by atoms with Gasteiger partial charge in [-0.25, -0.2) is 9.97 Å². The average Bonchev–Trinajstić information content (AvgIpc) is 3.06. The van der Waals surface area contributed by atoms with Crippen molar-refractivity contribution in [1.82, 2.24) is 14.9 Å². The van der Waals surface area contributed by atoms with Gasteiger partial charge in [0.1, 0.15) is 29.2 Å². The molecule has 5 rings (SSSR count). The number of morpholine rings is 1. The fourth-order valence-electron chi connectivity index (χ4n) is 3.83. The number of thiophene rings is 1. The van der Waals surface area contributed by atoms with Crippen molar-refractivity contribution in [2.45, 2.75) is 26.5 Å². The summed E-state index contributed by atoms with van der Waals surface area (Å²) in [6, 6.07) is 7.79. The molecule has 1 atom stereocenters. The molecule has 0 amide bonds. The molecule has 8 heteroatoms. The molecule has 30 heavy (non-hydrogen) atoms. The number of rotatable bonds is 5. The van der Waals surface area contributed by atoms with E-state index in [9.17, 15) is 0 Å². The topological polar surface area (TPSA) is 68.7 Å². The SMILES string of the molecule is Cc1sc2nc(CN3CCOCC3)nc(NC[C@@H]3COc4ccccc4O3)c2c1C. The maximum atomic E-state index is 6.10. The van der Waals surface area contributed by atoms with E-state index in [0.717, 1.165) is 66.2 Å². The summed E-state index contributed by atoms with van der Waals surface area (Å²) in [6.45, 7) is 9.52. The summed E-state index contributed by atoms with van der Waals surface area (Å²) in [4.78, 5) is 14.4. The molecule has 3 aromatic rings. The number of benzene rings is 1. The Morgan fingerprint density at radius 1 is 1.13 bits per heavy atom. The molecule has 0 unspecified atom stereocenters. The van der Waals surface area contributed by atoms with Gasteiger partial charge in [-0.2, -0.15) is 0 Å². The molecule has 4 heterocycles. The Balaban J connectivity index is 1.37. The van der Waals surface area contributed by atoms with E-state index >= 15 is 0 Å². The summed E-state index contributed by atoms with van der Waals surface area (Å²) < 4.78 is 17.4. The summed E-state index contributed by atoms with van der Waals surface area (Å²) in [5.41, 5.74) is 1.24. The van der Waals surface area contributed by atoms with E-state index in [2.05, 4.69) is 24.1 Å². The fourth-order valence-corrected chi connectivity index (χ4v) is 4.87. The number of fused-ring (bicyclic) bond motifs is 2. The standard InChI is InChI=1S/C22H26N4O3S/c1-14-15(2)30-22-20(14)21(24-19(25-22)12-26-7-9-27-10-8-26)23-11-16-13-28-17-5-3-4-6-18(17)29-16/h3-6,16H,7-13H2,1-2H3,(H,23,24,25)/t16-/m1/s1. The van der Waals surface area contributed by atoms with Crippen molar-refractivity contribution in [3.8, 4) is 11.5 Å². The van der Waals surface area contributed by atoms with Crippen molar-refractivity contribution in [3.05, 3.63) is 40.5 Å².